The van der Waals surface area contributed by atoms with Crippen molar-refractivity contribution in [1.82, 2.24) is 10.2 Å². The van der Waals surface area contributed by atoms with E-state index in [1.165, 1.54) is 19.3 Å². The Morgan fingerprint density at radius 2 is 1.81 bits per heavy atom. The number of aliphatic hydroxyl groups is 1. The number of hydrogen-bond donors (Lipinski definition) is 2. The highest BCUT2D eigenvalue weighted by Gasteiger charge is 2.27. The average molecular weight is 228 g/mol. The third kappa shape index (κ3) is 4.40. The molecule has 0 amide bonds. The van der Waals surface area contributed by atoms with Gasteiger partial charge in [-0.3, -0.25) is 0 Å². The summed E-state index contributed by atoms with van der Waals surface area (Å²) in [5.41, 5.74) is 0. The second-order valence-electron chi connectivity index (χ2n) is 5.74. The summed E-state index contributed by atoms with van der Waals surface area (Å²) in [5, 5.41) is 13.4. The third-order valence-electron chi connectivity index (χ3n) is 3.71. The first-order chi connectivity index (χ1) is 7.50. The lowest BCUT2D eigenvalue weighted by Gasteiger charge is -2.36. The van der Waals surface area contributed by atoms with Gasteiger partial charge in [-0.1, -0.05) is 20.3 Å². The van der Waals surface area contributed by atoms with Crippen LogP contribution in [0.1, 0.15) is 33.1 Å². The van der Waals surface area contributed by atoms with Crippen molar-refractivity contribution in [3.8, 4) is 0 Å². The number of aliphatic hydroxyl groups excluding tert-OH is 1. The highest BCUT2D eigenvalue weighted by Crippen LogP contribution is 2.28. The second-order valence-corrected chi connectivity index (χ2v) is 5.74. The monoisotopic (exact) mass is 228 g/mol. The molecule has 1 aliphatic rings. The van der Waals surface area contributed by atoms with Gasteiger partial charge < -0.3 is 15.3 Å². The van der Waals surface area contributed by atoms with Crippen molar-refractivity contribution in [1.29, 1.82) is 0 Å². The number of hydrogen-bond acceptors (Lipinski definition) is 3. The predicted octanol–water partition coefficient (Wildman–Crippen LogP) is 1.32. The van der Waals surface area contributed by atoms with Crippen molar-refractivity contribution < 1.29 is 5.11 Å². The van der Waals surface area contributed by atoms with Gasteiger partial charge in [0.2, 0.25) is 0 Å². The molecule has 0 aromatic rings. The van der Waals surface area contributed by atoms with Crippen LogP contribution in [0.5, 0.6) is 0 Å². The van der Waals surface area contributed by atoms with Gasteiger partial charge in [-0.25, -0.2) is 0 Å². The lowest BCUT2D eigenvalue weighted by Crippen LogP contribution is -2.47. The zero-order chi connectivity index (χ0) is 12.1. The van der Waals surface area contributed by atoms with Crippen molar-refractivity contribution in [2.75, 3.05) is 27.2 Å². The van der Waals surface area contributed by atoms with Crippen LogP contribution in [-0.2, 0) is 0 Å². The Balaban J connectivity index is 2.29. The average Bonchev–Trinajstić information content (AvgIpc) is 2.15. The summed E-state index contributed by atoms with van der Waals surface area (Å²) in [5.74, 6) is 1.49. The molecule has 1 fully saturated rings. The molecular formula is C13H28N2O. The van der Waals surface area contributed by atoms with Crippen molar-refractivity contribution in [3.63, 3.8) is 0 Å². The normalized spacial score (nSPS) is 33.0. The van der Waals surface area contributed by atoms with Crippen molar-refractivity contribution in [2.24, 2.45) is 11.8 Å². The molecule has 3 unspecified atom stereocenters. The first-order valence-electron chi connectivity index (χ1n) is 6.57. The van der Waals surface area contributed by atoms with Crippen molar-refractivity contribution >= 4 is 0 Å². The fourth-order valence-corrected chi connectivity index (χ4v) is 2.84. The van der Waals surface area contributed by atoms with Gasteiger partial charge in [0.15, 0.2) is 0 Å². The minimum Gasteiger partial charge on any atom is -0.390 e. The van der Waals surface area contributed by atoms with Crippen molar-refractivity contribution in [3.05, 3.63) is 0 Å². The van der Waals surface area contributed by atoms with E-state index in [1.807, 2.05) is 19.0 Å². The Hall–Kier alpha value is -0.120. The Labute approximate surface area is 100 Å². The predicted molar refractivity (Wildman–Crippen MR) is 68.5 cm³/mol. The third-order valence-corrected chi connectivity index (χ3v) is 3.71. The molecule has 96 valence electrons. The SMILES string of the molecule is CC1CCCC(C)C1NCC(O)CN(C)C. The van der Waals surface area contributed by atoms with E-state index in [2.05, 4.69) is 19.2 Å². The van der Waals surface area contributed by atoms with Crippen LogP contribution in [0.2, 0.25) is 0 Å². The van der Waals surface area contributed by atoms with Gasteiger partial charge in [0.25, 0.3) is 0 Å². The maximum atomic E-state index is 9.82. The first-order valence-corrected chi connectivity index (χ1v) is 6.57. The van der Waals surface area contributed by atoms with E-state index in [-0.39, 0.29) is 6.10 Å². The van der Waals surface area contributed by atoms with Gasteiger partial charge in [0, 0.05) is 19.1 Å². The molecule has 0 aromatic carbocycles. The summed E-state index contributed by atoms with van der Waals surface area (Å²) >= 11 is 0. The van der Waals surface area contributed by atoms with Gasteiger partial charge in [-0.2, -0.15) is 0 Å². The smallest absolute Gasteiger partial charge is 0.0791 e. The summed E-state index contributed by atoms with van der Waals surface area (Å²) in [6, 6.07) is 0.588. The topological polar surface area (TPSA) is 35.5 Å². The van der Waals surface area contributed by atoms with E-state index >= 15 is 0 Å². The van der Waals surface area contributed by atoms with Crippen molar-refractivity contribution in [2.45, 2.75) is 45.3 Å². The highest BCUT2D eigenvalue weighted by molar-refractivity contribution is 4.84. The van der Waals surface area contributed by atoms with E-state index in [0.29, 0.717) is 6.04 Å². The van der Waals surface area contributed by atoms with Gasteiger partial charge in [0.1, 0.15) is 0 Å². The molecule has 1 saturated carbocycles. The molecule has 0 spiro atoms. The molecule has 3 nitrogen and oxygen atoms in total. The van der Waals surface area contributed by atoms with Crippen LogP contribution in [0.3, 0.4) is 0 Å². The standard InChI is InChI=1S/C13H28N2O/c1-10-6-5-7-11(2)13(10)14-8-12(16)9-15(3)4/h10-14,16H,5-9H2,1-4H3. The second kappa shape index (κ2) is 6.58. The van der Waals surface area contributed by atoms with Crippen LogP contribution in [0, 0.1) is 11.8 Å². The molecule has 3 heteroatoms. The zero-order valence-corrected chi connectivity index (χ0v) is 11.2. The van der Waals surface area contributed by atoms with Gasteiger partial charge in [0.05, 0.1) is 6.10 Å². The number of likely N-dealkylation sites (N-methyl/N-ethyl adjacent to an activating group) is 1. The molecule has 0 saturated heterocycles. The van der Waals surface area contributed by atoms with E-state index in [0.717, 1.165) is 24.9 Å². The molecular weight excluding hydrogens is 200 g/mol. The van der Waals surface area contributed by atoms with Crippen LogP contribution in [-0.4, -0.2) is 49.3 Å². The fourth-order valence-electron chi connectivity index (χ4n) is 2.84. The molecule has 0 heterocycles. The lowest BCUT2D eigenvalue weighted by molar-refractivity contribution is 0.116. The van der Waals surface area contributed by atoms with Gasteiger partial charge in [-0.15, -0.1) is 0 Å². The van der Waals surface area contributed by atoms with Crippen LogP contribution < -0.4 is 5.32 Å². The molecule has 1 rings (SSSR count). The first kappa shape index (κ1) is 13.9. The minimum absolute atomic E-state index is 0.253. The summed E-state index contributed by atoms with van der Waals surface area (Å²) in [4.78, 5) is 2.03. The lowest BCUT2D eigenvalue weighted by atomic mass is 9.78. The molecule has 1 aliphatic carbocycles. The van der Waals surface area contributed by atoms with E-state index < -0.39 is 0 Å². The highest BCUT2D eigenvalue weighted by atomic mass is 16.3. The maximum absolute atomic E-state index is 9.82. The summed E-state index contributed by atoms with van der Waals surface area (Å²) in [6.45, 7) is 6.11. The maximum Gasteiger partial charge on any atom is 0.0791 e. The van der Waals surface area contributed by atoms with Crippen LogP contribution in [0.15, 0.2) is 0 Å². The molecule has 0 aliphatic heterocycles. The largest absolute Gasteiger partial charge is 0.390 e. The quantitative estimate of drug-likeness (QED) is 0.745. The number of rotatable bonds is 5. The Kier molecular flexibility index (Phi) is 5.73. The minimum atomic E-state index is -0.253. The summed E-state index contributed by atoms with van der Waals surface area (Å²) in [7, 11) is 3.99. The summed E-state index contributed by atoms with van der Waals surface area (Å²) in [6.07, 6.45) is 3.76. The van der Waals surface area contributed by atoms with E-state index in [9.17, 15) is 5.11 Å². The van der Waals surface area contributed by atoms with Crippen LogP contribution in [0.25, 0.3) is 0 Å². The molecule has 2 N–H and O–H groups in total. The Morgan fingerprint density at radius 1 is 1.25 bits per heavy atom. The zero-order valence-electron chi connectivity index (χ0n) is 11.2. The number of nitrogens with one attached hydrogen (secondary N) is 1. The van der Waals surface area contributed by atoms with Gasteiger partial charge in [-0.05, 0) is 38.8 Å². The molecule has 16 heavy (non-hydrogen) atoms. The Bertz CT molecular complexity index is 186. The molecule has 0 aromatic heterocycles. The number of nitrogens with zero attached hydrogens (tertiary/aromatic N) is 1. The van der Waals surface area contributed by atoms with E-state index in [1.54, 1.807) is 0 Å². The van der Waals surface area contributed by atoms with Crippen LogP contribution >= 0.6 is 0 Å². The van der Waals surface area contributed by atoms with Gasteiger partial charge >= 0.3 is 0 Å². The van der Waals surface area contributed by atoms with E-state index in [4.69, 9.17) is 0 Å². The fraction of sp³-hybridized carbons (Fsp3) is 1.00. The molecule has 0 bridgehead atoms. The molecule has 0 radical (unpaired) electrons. The Morgan fingerprint density at radius 3 is 2.31 bits per heavy atom. The van der Waals surface area contributed by atoms with Crippen LogP contribution in [0.4, 0.5) is 0 Å². The molecule has 3 atom stereocenters. The summed E-state index contributed by atoms with van der Waals surface area (Å²) < 4.78 is 0.